The summed E-state index contributed by atoms with van der Waals surface area (Å²) in [6.07, 6.45) is 3.11. The van der Waals surface area contributed by atoms with E-state index >= 15 is 0 Å². The number of nitro groups is 1. The van der Waals surface area contributed by atoms with Crippen LogP contribution in [-0.4, -0.2) is 31.6 Å². The third-order valence-electron chi connectivity index (χ3n) is 3.35. The fourth-order valence-electron chi connectivity index (χ4n) is 2.30. The van der Waals surface area contributed by atoms with Gasteiger partial charge in [0.15, 0.2) is 0 Å². The van der Waals surface area contributed by atoms with E-state index in [0.29, 0.717) is 17.6 Å². The number of esters is 1. The number of hydrogen-bond acceptors (Lipinski definition) is 5. The fourth-order valence-corrected chi connectivity index (χ4v) is 2.30. The Morgan fingerprint density at radius 3 is 2.85 bits per heavy atom. The molecule has 6 nitrogen and oxygen atoms in total. The summed E-state index contributed by atoms with van der Waals surface area (Å²) in [5, 5.41) is 10.9. The summed E-state index contributed by atoms with van der Waals surface area (Å²) >= 11 is 0. The number of fused-ring (bicyclic) bond motifs is 1. The van der Waals surface area contributed by atoms with Gasteiger partial charge in [-0.05, 0) is 25.0 Å². The predicted molar refractivity (Wildman–Crippen MR) is 75.6 cm³/mol. The normalized spacial score (nSPS) is 17.3. The number of hydrogen-bond donors (Lipinski definition) is 0. The number of anilines is 1. The summed E-state index contributed by atoms with van der Waals surface area (Å²) < 4.78 is 4.75. The molecule has 0 amide bonds. The Hall–Kier alpha value is -2.37. The van der Waals surface area contributed by atoms with Gasteiger partial charge < -0.3 is 9.64 Å². The van der Waals surface area contributed by atoms with Crippen molar-refractivity contribution in [2.75, 3.05) is 25.6 Å². The van der Waals surface area contributed by atoms with Crippen LogP contribution < -0.4 is 4.90 Å². The third-order valence-corrected chi connectivity index (χ3v) is 3.35. The number of non-ortho nitro benzene ring substituents is 1. The van der Waals surface area contributed by atoms with Gasteiger partial charge in [0.05, 0.1) is 12.0 Å². The zero-order valence-electron chi connectivity index (χ0n) is 11.5. The van der Waals surface area contributed by atoms with Crippen molar-refractivity contribution in [1.29, 1.82) is 0 Å². The molecule has 6 heteroatoms. The van der Waals surface area contributed by atoms with E-state index in [0.717, 1.165) is 18.7 Å². The summed E-state index contributed by atoms with van der Waals surface area (Å²) in [4.78, 5) is 24.2. The van der Waals surface area contributed by atoms with Crippen molar-refractivity contribution in [2.45, 2.75) is 12.8 Å². The van der Waals surface area contributed by atoms with Crippen molar-refractivity contribution >= 4 is 23.4 Å². The number of methoxy groups -OCH3 is 1. The lowest BCUT2D eigenvalue weighted by Gasteiger charge is -2.24. The monoisotopic (exact) mass is 276 g/mol. The standard InChI is InChI=1S/C14H16N2O4/c1-15-7-3-4-10(14(17)20-2)8-11-9-12(16(18)19)5-6-13(11)15/h5-6,8-9H,3-4,7H2,1-2H3/b10-8+. The first kappa shape index (κ1) is 14.0. The first-order valence-electron chi connectivity index (χ1n) is 6.31. The number of carbonyl (C=O) groups excluding carboxylic acids is 1. The largest absolute Gasteiger partial charge is 0.466 e. The molecule has 0 spiro atoms. The number of benzene rings is 1. The van der Waals surface area contributed by atoms with E-state index in [-0.39, 0.29) is 11.7 Å². The molecule has 106 valence electrons. The Balaban J connectivity index is 2.54. The Bertz CT molecular complexity index is 581. The maximum absolute atomic E-state index is 11.7. The highest BCUT2D eigenvalue weighted by Crippen LogP contribution is 2.30. The molecule has 0 fully saturated rings. The minimum absolute atomic E-state index is 0.0122. The average molecular weight is 276 g/mol. The highest BCUT2D eigenvalue weighted by atomic mass is 16.6. The van der Waals surface area contributed by atoms with Gasteiger partial charge in [-0.25, -0.2) is 4.79 Å². The van der Waals surface area contributed by atoms with Gasteiger partial charge in [-0.15, -0.1) is 0 Å². The Labute approximate surface area is 116 Å². The second kappa shape index (κ2) is 5.73. The molecule has 1 aromatic rings. The zero-order valence-corrected chi connectivity index (χ0v) is 11.5. The minimum atomic E-state index is -0.440. The maximum atomic E-state index is 11.7. The Kier molecular flexibility index (Phi) is 4.02. The number of nitrogens with zero attached hydrogens (tertiary/aromatic N) is 2. The lowest BCUT2D eigenvalue weighted by molar-refractivity contribution is -0.384. The van der Waals surface area contributed by atoms with Crippen LogP contribution in [0.5, 0.6) is 0 Å². The number of rotatable bonds is 2. The van der Waals surface area contributed by atoms with Crippen LogP contribution in [-0.2, 0) is 9.53 Å². The SMILES string of the molecule is COC(=O)/C1=C/c2cc([N+](=O)[O-])ccc2N(C)CCC1. The molecule has 0 radical (unpaired) electrons. The smallest absolute Gasteiger partial charge is 0.333 e. The molecule has 0 atom stereocenters. The summed E-state index contributed by atoms with van der Waals surface area (Å²) in [6, 6.07) is 4.67. The molecule has 0 bridgehead atoms. The molecule has 0 aromatic heterocycles. The van der Waals surface area contributed by atoms with Gasteiger partial charge >= 0.3 is 5.97 Å². The van der Waals surface area contributed by atoms with Crippen LogP contribution in [0.25, 0.3) is 6.08 Å². The van der Waals surface area contributed by atoms with E-state index in [1.54, 1.807) is 12.1 Å². The maximum Gasteiger partial charge on any atom is 0.333 e. The van der Waals surface area contributed by atoms with Gasteiger partial charge in [-0.3, -0.25) is 10.1 Å². The van der Waals surface area contributed by atoms with Crippen molar-refractivity contribution < 1.29 is 14.5 Å². The van der Waals surface area contributed by atoms with E-state index in [2.05, 4.69) is 0 Å². The summed E-state index contributed by atoms with van der Waals surface area (Å²) in [5.74, 6) is -0.382. The molecule has 20 heavy (non-hydrogen) atoms. The van der Waals surface area contributed by atoms with Crippen LogP contribution in [0.15, 0.2) is 23.8 Å². The average Bonchev–Trinajstić information content (AvgIpc) is 2.42. The number of nitro benzene ring substituents is 1. The van der Waals surface area contributed by atoms with Gasteiger partial charge in [-0.1, -0.05) is 0 Å². The lowest BCUT2D eigenvalue weighted by Crippen LogP contribution is -2.21. The van der Waals surface area contributed by atoms with Crippen molar-refractivity contribution in [2.24, 2.45) is 0 Å². The number of carbonyl (C=O) groups is 1. The summed E-state index contributed by atoms with van der Waals surface area (Å²) in [5.41, 5.74) is 2.10. The molecule has 0 aliphatic carbocycles. The van der Waals surface area contributed by atoms with Crippen molar-refractivity contribution in [1.82, 2.24) is 0 Å². The van der Waals surface area contributed by atoms with Gasteiger partial charge in [0.25, 0.3) is 5.69 Å². The summed E-state index contributed by atoms with van der Waals surface area (Å²) in [6.45, 7) is 0.777. The molecule has 0 unspecified atom stereocenters. The lowest BCUT2D eigenvalue weighted by atomic mass is 10.0. The molecule has 1 aliphatic heterocycles. The predicted octanol–water partition coefficient (Wildman–Crippen LogP) is 2.38. The van der Waals surface area contributed by atoms with Gasteiger partial charge in [0.2, 0.25) is 0 Å². The van der Waals surface area contributed by atoms with Crippen molar-refractivity contribution in [3.05, 3.63) is 39.4 Å². The van der Waals surface area contributed by atoms with Gasteiger partial charge in [0.1, 0.15) is 0 Å². The van der Waals surface area contributed by atoms with Crippen LogP contribution >= 0.6 is 0 Å². The number of ether oxygens (including phenoxy) is 1. The topological polar surface area (TPSA) is 72.7 Å². The molecule has 0 N–H and O–H groups in total. The van der Waals surface area contributed by atoms with Crippen LogP contribution in [0.2, 0.25) is 0 Å². The van der Waals surface area contributed by atoms with E-state index in [4.69, 9.17) is 4.74 Å². The molecule has 1 aromatic carbocycles. The van der Waals surface area contributed by atoms with Crippen LogP contribution in [0.3, 0.4) is 0 Å². The highest BCUT2D eigenvalue weighted by Gasteiger charge is 2.18. The first-order valence-corrected chi connectivity index (χ1v) is 6.31. The third kappa shape index (κ3) is 2.79. The first-order chi connectivity index (χ1) is 9.52. The Morgan fingerprint density at radius 1 is 1.45 bits per heavy atom. The molecule has 0 saturated carbocycles. The van der Waals surface area contributed by atoms with Crippen LogP contribution in [0.4, 0.5) is 11.4 Å². The highest BCUT2D eigenvalue weighted by molar-refractivity contribution is 5.95. The fraction of sp³-hybridized carbons (Fsp3) is 0.357. The molecule has 2 rings (SSSR count). The second-order valence-corrected chi connectivity index (χ2v) is 4.69. The quantitative estimate of drug-likeness (QED) is 0.471. The van der Waals surface area contributed by atoms with Crippen LogP contribution in [0, 0.1) is 10.1 Å². The van der Waals surface area contributed by atoms with E-state index < -0.39 is 4.92 Å². The van der Waals surface area contributed by atoms with Crippen molar-refractivity contribution in [3.63, 3.8) is 0 Å². The van der Waals surface area contributed by atoms with E-state index in [1.807, 2.05) is 11.9 Å². The molecular weight excluding hydrogens is 260 g/mol. The Morgan fingerprint density at radius 2 is 2.20 bits per heavy atom. The van der Waals surface area contributed by atoms with Crippen molar-refractivity contribution in [3.8, 4) is 0 Å². The molecule has 1 heterocycles. The zero-order chi connectivity index (χ0) is 14.7. The van der Waals surface area contributed by atoms with Gasteiger partial charge in [0, 0.05) is 42.5 Å². The van der Waals surface area contributed by atoms with E-state index in [1.165, 1.54) is 19.2 Å². The van der Waals surface area contributed by atoms with Gasteiger partial charge in [-0.2, -0.15) is 0 Å². The molecule has 0 saturated heterocycles. The summed E-state index contributed by atoms with van der Waals surface area (Å²) in [7, 11) is 3.27. The minimum Gasteiger partial charge on any atom is -0.466 e. The molecule has 1 aliphatic rings. The van der Waals surface area contributed by atoms with Crippen LogP contribution in [0.1, 0.15) is 18.4 Å². The second-order valence-electron chi connectivity index (χ2n) is 4.69. The van der Waals surface area contributed by atoms with E-state index in [9.17, 15) is 14.9 Å². The molecular formula is C14H16N2O4.